The van der Waals surface area contributed by atoms with Gasteiger partial charge in [-0.25, -0.2) is 0 Å². The Kier molecular flexibility index (Phi) is 4.52. The van der Waals surface area contributed by atoms with Crippen molar-refractivity contribution in [2.24, 2.45) is 52.8 Å². The number of carbonyl (C=O) groups excluding carboxylic acids is 1. The number of ketones is 1. The highest BCUT2D eigenvalue weighted by Gasteiger charge is 2.62. The fourth-order valence-corrected chi connectivity index (χ4v) is 9.82. The van der Waals surface area contributed by atoms with Crippen molar-refractivity contribution < 1.29 is 9.90 Å². The van der Waals surface area contributed by atoms with Crippen LogP contribution >= 0.6 is 0 Å². The molecule has 0 aromatic rings. The molecule has 4 aliphatic carbocycles. The molecule has 6 aliphatic rings. The Morgan fingerprint density at radius 3 is 2.66 bits per heavy atom. The SMILES string of the molecule is C[C@H]1CCC2CC3CCC4C(CC5C4CC(=O)C4CC(O)CC[C@@]45C)C3CN2C1. The van der Waals surface area contributed by atoms with Gasteiger partial charge in [-0.15, -0.1) is 0 Å². The van der Waals surface area contributed by atoms with Crippen molar-refractivity contribution >= 4 is 5.78 Å². The highest BCUT2D eigenvalue weighted by molar-refractivity contribution is 5.83. The van der Waals surface area contributed by atoms with E-state index < -0.39 is 0 Å². The summed E-state index contributed by atoms with van der Waals surface area (Å²) in [4.78, 5) is 16.1. The zero-order chi connectivity index (χ0) is 19.9. The standard InChI is InChI=1S/C26H41NO2/c1-15-3-5-17-9-16-4-6-19-20(22(16)14-27(17)13-15)11-23-21(19)12-25(29)24-10-18(28)7-8-26(23,24)2/h15-24,28H,3-14H2,1-2H3/t15-,16?,17?,18?,19?,20?,21?,22?,23?,24?,26+/m0/s1. The zero-order valence-electron chi connectivity index (χ0n) is 18.6. The Morgan fingerprint density at radius 1 is 0.931 bits per heavy atom. The van der Waals surface area contributed by atoms with Gasteiger partial charge in [0.15, 0.2) is 0 Å². The molecule has 2 saturated heterocycles. The summed E-state index contributed by atoms with van der Waals surface area (Å²) in [5.74, 6) is 6.45. The molecule has 6 fully saturated rings. The number of aliphatic hydroxyl groups excluding tert-OH is 1. The van der Waals surface area contributed by atoms with E-state index in [9.17, 15) is 9.90 Å². The van der Waals surface area contributed by atoms with Crippen molar-refractivity contribution in [1.29, 1.82) is 0 Å². The summed E-state index contributed by atoms with van der Waals surface area (Å²) < 4.78 is 0. The second-order valence-electron chi connectivity index (χ2n) is 12.5. The van der Waals surface area contributed by atoms with Gasteiger partial charge in [0.1, 0.15) is 5.78 Å². The first-order valence-electron chi connectivity index (χ1n) is 12.9. The highest BCUT2D eigenvalue weighted by atomic mass is 16.3. The number of rotatable bonds is 0. The first-order valence-corrected chi connectivity index (χ1v) is 12.9. The van der Waals surface area contributed by atoms with E-state index in [1.165, 1.54) is 51.6 Å². The van der Waals surface area contributed by atoms with Gasteiger partial charge in [-0.2, -0.15) is 0 Å². The lowest BCUT2D eigenvalue weighted by molar-refractivity contribution is -0.145. The summed E-state index contributed by atoms with van der Waals surface area (Å²) in [5, 5.41) is 10.3. The third-order valence-electron chi connectivity index (χ3n) is 11.2. The first kappa shape index (κ1) is 19.3. The van der Waals surface area contributed by atoms with Gasteiger partial charge >= 0.3 is 0 Å². The normalized spacial score (nSPS) is 57.3. The summed E-state index contributed by atoms with van der Waals surface area (Å²) in [5.41, 5.74) is 0.170. The predicted octanol–water partition coefficient (Wildman–Crippen LogP) is 4.53. The van der Waals surface area contributed by atoms with Gasteiger partial charge in [-0.05, 0) is 105 Å². The topological polar surface area (TPSA) is 40.5 Å². The minimum absolute atomic E-state index is 0.141. The highest BCUT2D eigenvalue weighted by Crippen LogP contribution is 2.65. The third kappa shape index (κ3) is 2.85. The maximum atomic E-state index is 13.2. The molecule has 0 spiro atoms. The lowest BCUT2D eigenvalue weighted by atomic mass is 9.51. The van der Waals surface area contributed by atoms with E-state index in [2.05, 4.69) is 18.7 Å². The number of carbonyl (C=O) groups is 1. The van der Waals surface area contributed by atoms with Crippen LogP contribution in [0.3, 0.4) is 0 Å². The Balaban J connectivity index is 1.27. The van der Waals surface area contributed by atoms with Gasteiger partial charge in [0.05, 0.1) is 6.10 Å². The van der Waals surface area contributed by atoms with Crippen LogP contribution in [-0.2, 0) is 4.79 Å². The van der Waals surface area contributed by atoms with Crippen LogP contribution in [0.25, 0.3) is 0 Å². The number of piperidine rings is 2. The van der Waals surface area contributed by atoms with Crippen molar-refractivity contribution in [3.63, 3.8) is 0 Å². The molecule has 1 N–H and O–H groups in total. The van der Waals surface area contributed by atoms with Crippen molar-refractivity contribution in [3.05, 3.63) is 0 Å². The monoisotopic (exact) mass is 399 g/mol. The second kappa shape index (κ2) is 6.79. The molecule has 4 saturated carbocycles. The van der Waals surface area contributed by atoms with Crippen LogP contribution in [0.4, 0.5) is 0 Å². The molecule has 0 radical (unpaired) electrons. The smallest absolute Gasteiger partial charge is 0.136 e. The predicted molar refractivity (Wildman–Crippen MR) is 114 cm³/mol. The summed E-state index contributed by atoms with van der Waals surface area (Å²) in [6.45, 7) is 7.57. The van der Waals surface area contributed by atoms with E-state index in [1.54, 1.807) is 0 Å². The molecular weight excluding hydrogens is 358 g/mol. The number of fused-ring (bicyclic) bond motifs is 8. The van der Waals surface area contributed by atoms with Crippen LogP contribution in [0.15, 0.2) is 0 Å². The van der Waals surface area contributed by atoms with Gasteiger partial charge in [0, 0.05) is 31.5 Å². The Labute approximate surface area is 177 Å². The maximum absolute atomic E-state index is 13.2. The molecule has 3 nitrogen and oxygen atoms in total. The molecule has 0 aromatic heterocycles. The van der Waals surface area contributed by atoms with Crippen molar-refractivity contribution in [2.75, 3.05) is 13.1 Å². The Hall–Kier alpha value is -0.410. The van der Waals surface area contributed by atoms with E-state index in [1.807, 2.05) is 0 Å². The molecule has 0 bridgehead atoms. The number of nitrogens with zero attached hydrogens (tertiary/aromatic N) is 1. The minimum Gasteiger partial charge on any atom is -0.393 e. The van der Waals surface area contributed by atoms with Gasteiger partial charge in [0.25, 0.3) is 0 Å². The van der Waals surface area contributed by atoms with E-state index in [-0.39, 0.29) is 17.4 Å². The fourth-order valence-electron chi connectivity index (χ4n) is 9.82. The quantitative estimate of drug-likeness (QED) is 0.651. The van der Waals surface area contributed by atoms with Crippen LogP contribution in [-0.4, -0.2) is 41.0 Å². The van der Waals surface area contributed by atoms with E-state index in [0.717, 1.165) is 67.2 Å². The summed E-state index contributed by atoms with van der Waals surface area (Å²) >= 11 is 0. The first-order chi connectivity index (χ1) is 13.9. The molecular formula is C26H41NO2. The number of Topliss-reactive ketones (excluding diaryl/α,β-unsaturated/α-hetero) is 1. The van der Waals surface area contributed by atoms with Crippen LogP contribution in [0.5, 0.6) is 0 Å². The van der Waals surface area contributed by atoms with Crippen molar-refractivity contribution in [2.45, 2.75) is 90.2 Å². The average molecular weight is 400 g/mol. The lowest BCUT2D eigenvalue weighted by Crippen LogP contribution is -2.54. The van der Waals surface area contributed by atoms with E-state index in [4.69, 9.17) is 0 Å². The summed E-state index contributed by atoms with van der Waals surface area (Å²) in [7, 11) is 0. The Morgan fingerprint density at radius 2 is 1.79 bits per heavy atom. The molecule has 6 rings (SSSR count). The van der Waals surface area contributed by atoms with E-state index in [0.29, 0.717) is 11.7 Å². The molecule has 3 heteroatoms. The molecule has 11 atom stereocenters. The fraction of sp³-hybridized carbons (Fsp3) is 0.962. The largest absolute Gasteiger partial charge is 0.393 e. The van der Waals surface area contributed by atoms with Crippen LogP contribution in [0, 0.1) is 52.8 Å². The molecule has 0 amide bonds. The second-order valence-corrected chi connectivity index (χ2v) is 12.5. The van der Waals surface area contributed by atoms with Gasteiger partial charge in [-0.1, -0.05) is 13.8 Å². The maximum Gasteiger partial charge on any atom is 0.136 e. The molecule has 0 aromatic carbocycles. The summed E-state index contributed by atoms with van der Waals surface area (Å²) in [6, 6.07) is 0.871. The molecule has 29 heavy (non-hydrogen) atoms. The molecule has 9 unspecified atom stereocenters. The number of aliphatic hydroxyl groups is 1. The zero-order valence-corrected chi connectivity index (χ0v) is 18.6. The minimum atomic E-state index is -0.238. The van der Waals surface area contributed by atoms with Crippen LogP contribution in [0.1, 0.15) is 78.1 Å². The molecule has 2 aliphatic heterocycles. The van der Waals surface area contributed by atoms with Gasteiger partial charge < -0.3 is 5.11 Å². The van der Waals surface area contributed by atoms with Crippen LogP contribution < -0.4 is 0 Å². The van der Waals surface area contributed by atoms with Crippen molar-refractivity contribution in [3.8, 4) is 0 Å². The lowest BCUT2D eigenvalue weighted by Gasteiger charge is -2.53. The van der Waals surface area contributed by atoms with Crippen molar-refractivity contribution in [1.82, 2.24) is 4.90 Å². The average Bonchev–Trinajstić information content (AvgIpc) is 3.08. The number of hydrogen-bond acceptors (Lipinski definition) is 3. The Bertz CT molecular complexity index is 678. The number of hydrogen-bond donors (Lipinski definition) is 1. The molecule has 162 valence electrons. The van der Waals surface area contributed by atoms with Crippen LogP contribution in [0.2, 0.25) is 0 Å². The summed E-state index contributed by atoms with van der Waals surface area (Å²) in [6.07, 6.45) is 11.9. The third-order valence-corrected chi connectivity index (χ3v) is 11.2. The van der Waals surface area contributed by atoms with E-state index >= 15 is 0 Å². The molecule has 2 heterocycles. The van der Waals surface area contributed by atoms with Gasteiger partial charge in [0.2, 0.25) is 0 Å². The van der Waals surface area contributed by atoms with Gasteiger partial charge in [-0.3, -0.25) is 9.69 Å².